The number of aryl methyl sites for hydroxylation is 1. The number of anilines is 3. The van der Waals surface area contributed by atoms with Gasteiger partial charge < -0.3 is 20.5 Å². The van der Waals surface area contributed by atoms with Crippen molar-refractivity contribution in [2.24, 2.45) is 0 Å². The first-order valence-corrected chi connectivity index (χ1v) is 10.9. The fraction of sp³-hybridized carbons (Fsp3) is 0.261. The Labute approximate surface area is 199 Å². The highest BCUT2D eigenvalue weighted by molar-refractivity contribution is 5.95. The van der Waals surface area contributed by atoms with Crippen molar-refractivity contribution in [3.63, 3.8) is 0 Å². The maximum atomic E-state index is 14.9. The molecule has 12 heteroatoms. The Balaban J connectivity index is 1.45. The first-order chi connectivity index (χ1) is 16.8. The number of hydrogen-bond donors (Lipinski definition) is 2. The number of carbonyl (C=O) groups excluding carboxylic acids is 1. The molecule has 1 amide bonds. The number of halogens is 2. The third-order valence-corrected chi connectivity index (χ3v) is 5.66. The summed E-state index contributed by atoms with van der Waals surface area (Å²) in [6.45, 7) is 3.32. The van der Waals surface area contributed by atoms with Gasteiger partial charge >= 0.3 is 0 Å². The van der Waals surface area contributed by atoms with E-state index in [2.05, 4.69) is 30.6 Å². The van der Waals surface area contributed by atoms with Gasteiger partial charge in [0.2, 0.25) is 11.9 Å². The van der Waals surface area contributed by atoms with E-state index in [1.54, 1.807) is 45.9 Å². The predicted molar refractivity (Wildman–Crippen MR) is 128 cm³/mol. The lowest BCUT2D eigenvalue weighted by atomic mass is 10.1. The summed E-state index contributed by atoms with van der Waals surface area (Å²) >= 11 is 0. The van der Waals surface area contributed by atoms with Crippen LogP contribution in [0, 0.1) is 18.6 Å². The van der Waals surface area contributed by atoms with Gasteiger partial charge in [-0.05, 0) is 31.2 Å². The molecule has 10 nitrogen and oxygen atoms in total. The average Bonchev–Trinajstić information content (AvgIpc) is 3.18. The molecule has 1 saturated heterocycles. The van der Waals surface area contributed by atoms with Crippen LogP contribution in [-0.2, 0) is 4.79 Å². The molecule has 1 fully saturated rings. The van der Waals surface area contributed by atoms with E-state index in [0.717, 1.165) is 6.20 Å². The van der Waals surface area contributed by atoms with Crippen LogP contribution in [-0.4, -0.2) is 64.2 Å². The van der Waals surface area contributed by atoms with Gasteiger partial charge in [-0.15, -0.1) is 0 Å². The van der Waals surface area contributed by atoms with E-state index < -0.39 is 11.6 Å². The number of hydrogen-bond acceptors (Lipinski definition) is 8. The summed E-state index contributed by atoms with van der Waals surface area (Å²) in [7, 11) is 3.62. The van der Waals surface area contributed by atoms with Gasteiger partial charge in [0.1, 0.15) is 22.9 Å². The van der Waals surface area contributed by atoms with Gasteiger partial charge in [0.05, 0.1) is 30.1 Å². The van der Waals surface area contributed by atoms with Crippen LogP contribution in [0.3, 0.4) is 0 Å². The highest BCUT2D eigenvalue weighted by Crippen LogP contribution is 2.29. The zero-order valence-corrected chi connectivity index (χ0v) is 19.4. The predicted octanol–water partition coefficient (Wildman–Crippen LogP) is 2.35. The van der Waals surface area contributed by atoms with Crippen molar-refractivity contribution in [3.8, 4) is 11.3 Å². The van der Waals surface area contributed by atoms with Gasteiger partial charge in [-0.3, -0.25) is 4.79 Å². The molecule has 3 aromatic heterocycles. The molecule has 180 valence electrons. The molecule has 0 aliphatic carbocycles. The molecule has 2 N–H and O–H groups in total. The van der Waals surface area contributed by atoms with Crippen LogP contribution >= 0.6 is 0 Å². The fourth-order valence-corrected chi connectivity index (χ4v) is 4.13. The lowest BCUT2D eigenvalue weighted by Crippen LogP contribution is -2.48. The number of nitrogens with one attached hydrogen (secondary N) is 2. The van der Waals surface area contributed by atoms with Crippen LogP contribution in [0.5, 0.6) is 0 Å². The van der Waals surface area contributed by atoms with Gasteiger partial charge in [0, 0.05) is 32.7 Å². The Kier molecular flexibility index (Phi) is 5.73. The van der Waals surface area contributed by atoms with Crippen molar-refractivity contribution >= 4 is 34.4 Å². The molecule has 1 aromatic carbocycles. The number of nitrogens with zero attached hydrogens (tertiary/aromatic N) is 7. The molecule has 0 bridgehead atoms. The van der Waals surface area contributed by atoms with E-state index in [1.807, 2.05) is 14.1 Å². The SMILES string of the molecule is Cc1nc2c(F)cc(-c3nc(Nc4ccc(N5CCNCC5=O)cn4)ncc3F)cc2n1N(C)C. The Morgan fingerprint density at radius 3 is 2.63 bits per heavy atom. The third-order valence-electron chi connectivity index (χ3n) is 5.66. The molecule has 0 unspecified atom stereocenters. The summed E-state index contributed by atoms with van der Waals surface area (Å²) in [5.41, 5.74) is 1.56. The Morgan fingerprint density at radius 1 is 1.09 bits per heavy atom. The summed E-state index contributed by atoms with van der Waals surface area (Å²) in [5.74, 6) is -0.186. The number of amides is 1. The summed E-state index contributed by atoms with van der Waals surface area (Å²) in [6.07, 6.45) is 2.60. The highest BCUT2D eigenvalue weighted by Gasteiger charge is 2.20. The third kappa shape index (κ3) is 4.23. The normalized spacial score (nSPS) is 14.0. The number of aromatic nitrogens is 5. The monoisotopic (exact) mass is 479 g/mol. The second-order valence-corrected chi connectivity index (χ2v) is 8.28. The minimum atomic E-state index is -0.692. The molecular weight excluding hydrogens is 456 g/mol. The summed E-state index contributed by atoms with van der Waals surface area (Å²) in [5, 5.41) is 7.72. The summed E-state index contributed by atoms with van der Waals surface area (Å²) in [6, 6.07) is 6.30. The Morgan fingerprint density at radius 2 is 1.91 bits per heavy atom. The Hall–Kier alpha value is -4.19. The minimum absolute atomic E-state index is 0.0275. The van der Waals surface area contributed by atoms with E-state index >= 15 is 0 Å². The van der Waals surface area contributed by atoms with Gasteiger partial charge in [-0.25, -0.2) is 33.4 Å². The molecule has 1 aliphatic heterocycles. The van der Waals surface area contributed by atoms with Crippen LogP contribution in [0.4, 0.5) is 26.2 Å². The smallest absolute Gasteiger partial charge is 0.241 e. The summed E-state index contributed by atoms with van der Waals surface area (Å²) in [4.78, 5) is 30.6. The van der Waals surface area contributed by atoms with Gasteiger partial charge in [0.25, 0.3) is 0 Å². The molecule has 35 heavy (non-hydrogen) atoms. The quantitative estimate of drug-likeness (QED) is 0.450. The second-order valence-electron chi connectivity index (χ2n) is 8.28. The van der Waals surface area contributed by atoms with Crippen molar-refractivity contribution in [1.82, 2.24) is 29.9 Å². The number of benzene rings is 1. The number of fused-ring (bicyclic) bond motifs is 1. The molecule has 5 rings (SSSR count). The number of piperazine rings is 1. The lowest BCUT2D eigenvalue weighted by molar-refractivity contribution is -0.118. The van der Waals surface area contributed by atoms with E-state index in [0.29, 0.717) is 35.9 Å². The van der Waals surface area contributed by atoms with Crippen molar-refractivity contribution in [2.45, 2.75) is 6.92 Å². The van der Waals surface area contributed by atoms with Crippen molar-refractivity contribution < 1.29 is 13.6 Å². The molecular formula is C23H23F2N9O. The first-order valence-electron chi connectivity index (χ1n) is 10.9. The topological polar surface area (TPSA) is 104 Å². The first kappa shape index (κ1) is 22.6. The van der Waals surface area contributed by atoms with Crippen molar-refractivity contribution in [3.05, 3.63) is 54.1 Å². The molecule has 0 radical (unpaired) electrons. The zero-order valence-electron chi connectivity index (χ0n) is 19.4. The second kappa shape index (κ2) is 8.87. The number of carbonyl (C=O) groups is 1. The standard InChI is InChI=1S/C23H23F2N9O/c1-13-29-22-16(24)8-14(9-18(22)34(13)32(2)3)21-17(25)11-28-23(31-21)30-19-5-4-15(10-27-19)33-7-6-26-12-20(33)35/h4-5,8-11,26H,6-7,12H2,1-3H3,(H,27,28,30,31). The fourth-order valence-electron chi connectivity index (χ4n) is 4.13. The lowest BCUT2D eigenvalue weighted by Gasteiger charge is -2.27. The van der Waals surface area contributed by atoms with Crippen LogP contribution in [0.2, 0.25) is 0 Å². The van der Waals surface area contributed by atoms with Gasteiger partial charge in [0.15, 0.2) is 11.6 Å². The van der Waals surface area contributed by atoms with Gasteiger partial charge in [-0.1, -0.05) is 0 Å². The van der Waals surface area contributed by atoms with Crippen LogP contribution in [0.1, 0.15) is 5.82 Å². The van der Waals surface area contributed by atoms with Crippen molar-refractivity contribution in [1.29, 1.82) is 0 Å². The molecule has 4 heterocycles. The zero-order chi connectivity index (χ0) is 24.7. The molecule has 0 atom stereocenters. The van der Waals surface area contributed by atoms with E-state index in [-0.39, 0.29) is 35.2 Å². The number of pyridine rings is 1. The molecule has 0 spiro atoms. The molecule has 1 aliphatic rings. The van der Waals surface area contributed by atoms with E-state index in [9.17, 15) is 13.6 Å². The average molecular weight is 479 g/mol. The van der Waals surface area contributed by atoms with E-state index in [1.165, 1.54) is 6.07 Å². The van der Waals surface area contributed by atoms with Crippen LogP contribution < -0.4 is 20.5 Å². The highest BCUT2D eigenvalue weighted by atomic mass is 19.1. The van der Waals surface area contributed by atoms with Crippen LogP contribution in [0.15, 0.2) is 36.7 Å². The molecule has 4 aromatic rings. The van der Waals surface area contributed by atoms with Gasteiger partial charge in [-0.2, -0.15) is 0 Å². The van der Waals surface area contributed by atoms with E-state index in [4.69, 9.17) is 0 Å². The summed E-state index contributed by atoms with van der Waals surface area (Å²) < 4.78 is 31.3. The molecule has 0 saturated carbocycles. The maximum absolute atomic E-state index is 14.9. The van der Waals surface area contributed by atoms with Crippen molar-refractivity contribution in [2.75, 3.05) is 49.0 Å². The number of imidazole rings is 1. The number of rotatable bonds is 5. The largest absolute Gasteiger partial charge is 0.317 e. The Bertz CT molecular complexity index is 1420. The minimum Gasteiger partial charge on any atom is -0.317 e. The van der Waals surface area contributed by atoms with Crippen LogP contribution in [0.25, 0.3) is 22.3 Å². The maximum Gasteiger partial charge on any atom is 0.241 e.